The van der Waals surface area contributed by atoms with Crippen molar-refractivity contribution in [1.29, 1.82) is 0 Å². The molecule has 1 fully saturated rings. The van der Waals surface area contributed by atoms with Gasteiger partial charge in [-0.15, -0.1) is 11.6 Å². The number of nitrogens with two attached hydrogens (primary N) is 1. The fourth-order valence-electron chi connectivity index (χ4n) is 4.18. The third-order valence-electron chi connectivity index (χ3n) is 6.25. The minimum Gasteiger partial charge on any atom is -0.465 e. The maximum atomic E-state index is 15.7. The Bertz CT molecular complexity index is 1420. The van der Waals surface area contributed by atoms with Gasteiger partial charge < -0.3 is 34.3 Å². The van der Waals surface area contributed by atoms with Crippen molar-refractivity contribution >= 4 is 58.9 Å². The lowest BCUT2D eigenvalue weighted by Gasteiger charge is -2.33. The molecule has 41 heavy (non-hydrogen) atoms. The summed E-state index contributed by atoms with van der Waals surface area (Å²) in [5.74, 6) is -0.198. The number of aliphatic hydroxyl groups is 1. The predicted octanol–water partition coefficient (Wildman–Crippen LogP) is 2.54. The Labute approximate surface area is 246 Å². The number of hydrogen-bond acceptors (Lipinski definition) is 12. The molecule has 0 spiro atoms. The van der Waals surface area contributed by atoms with Crippen LogP contribution in [0.2, 0.25) is 0 Å². The highest BCUT2D eigenvalue weighted by molar-refractivity contribution is 8.09. The second-order valence-electron chi connectivity index (χ2n) is 9.50. The second-order valence-corrected chi connectivity index (χ2v) is 12.9. The van der Waals surface area contributed by atoms with E-state index in [1.165, 1.54) is 10.9 Å². The molecule has 1 aliphatic heterocycles. The van der Waals surface area contributed by atoms with Crippen molar-refractivity contribution in [3.63, 3.8) is 0 Å². The molecule has 6 atom stereocenters. The van der Waals surface area contributed by atoms with E-state index in [0.717, 1.165) is 0 Å². The van der Waals surface area contributed by atoms with Crippen LogP contribution in [0.3, 0.4) is 0 Å². The SMILES string of the molecule is CCOC(=O)[C@@H](C)NP(=S)(OC[C@@]1(CCl)O[C@@H](n2cnc3c(N(C)C)nc(N)nc32)[C@H](F)[C@@H]1O)Oc1ccccc1. The number of fused-ring (bicyclic) bond motifs is 1. The number of anilines is 2. The van der Waals surface area contributed by atoms with Crippen molar-refractivity contribution in [1.82, 2.24) is 24.6 Å². The summed E-state index contributed by atoms with van der Waals surface area (Å²) in [6.07, 6.45) is -3.77. The van der Waals surface area contributed by atoms with E-state index >= 15 is 4.39 Å². The number of para-hydroxylation sites is 1. The lowest BCUT2D eigenvalue weighted by atomic mass is 9.99. The van der Waals surface area contributed by atoms with Gasteiger partial charge in [0.05, 0.1) is 25.4 Å². The van der Waals surface area contributed by atoms with Crippen molar-refractivity contribution in [2.45, 2.75) is 44.0 Å². The lowest BCUT2D eigenvalue weighted by molar-refractivity contribution is -0.144. The van der Waals surface area contributed by atoms with Gasteiger partial charge in [0.2, 0.25) is 5.95 Å². The molecule has 0 bridgehead atoms. The number of aliphatic hydroxyl groups excluding tert-OH is 1. The predicted molar refractivity (Wildman–Crippen MR) is 155 cm³/mol. The van der Waals surface area contributed by atoms with Crippen LogP contribution in [0.4, 0.5) is 16.2 Å². The third kappa shape index (κ3) is 6.56. The largest absolute Gasteiger partial charge is 0.465 e. The molecular weight excluding hydrogens is 600 g/mol. The molecule has 0 radical (unpaired) electrons. The summed E-state index contributed by atoms with van der Waals surface area (Å²) in [6.45, 7) is -0.617. The van der Waals surface area contributed by atoms with Gasteiger partial charge in [-0.2, -0.15) is 9.97 Å². The van der Waals surface area contributed by atoms with E-state index < -0.39 is 49.4 Å². The Balaban J connectivity index is 1.62. The van der Waals surface area contributed by atoms with Gasteiger partial charge in [0, 0.05) is 14.1 Å². The standard InChI is InChI=1S/C24H32ClFN7O6PS/c1-5-36-22(35)14(2)31-40(41,39-15-9-7-6-8-10-15)37-12-24(11-25)18(34)16(26)21(38-24)33-13-28-17-19(32(3)4)29-23(27)30-20(17)33/h6-10,13-14,16,18,21,34H,5,11-12H2,1-4H3,(H,31,41)(H2,27,29,30)/t14-,16-,18+,21-,24-,40?/m1/s1. The van der Waals surface area contributed by atoms with Gasteiger partial charge in [-0.05, 0) is 37.8 Å². The Morgan fingerprint density at radius 3 is 2.73 bits per heavy atom. The number of imidazole rings is 1. The molecule has 1 unspecified atom stereocenters. The maximum absolute atomic E-state index is 15.7. The summed E-state index contributed by atoms with van der Waals surface area (Å²) in [4.78, 5) is 26.7. The molecule has 17 heteroatoms. The molecule has 1 aromatic carbocycles. The number of carbonyl (C=O) groups is 1. The van der Waals surface area contributed by atoms with E-state index in [9.17, 15) is 9.90 Å². The number of aromatic nitrogens is 4. The number of halogens is 2. The topological polar surface area (TPSA) is 159 Å². The molecule has 4 rings (SSSR count). The Kier molecular flexibility index (Phi) is 9.69. The first-order chi connectivity index (χ1) is 19.4. The summed E-state index contributed by atoms with van der Waals surface area (Å²) < 4.78 is 40.2. The van der Waals surface area contributed by atoms with Crippen molar-refractivity contribution in [3.05, 3.63) is 36.7 Å². The first-order valence-electron chi connectivity index (χ1n) is 12.6. The lowest BCUT2D eigenvalue weighted by Crippen LogP contribution is -2.48. The number of rotatable bonds is 12. The molecule has 13 nitrogen and oxygen atoms in total. The first kappa shape index (κ1) is 31.3. The fourth-order valence-corrected chi connectivity index (χ4v) is 6.91. The Hall–Kier alpha value is -2.65. The molecular formula is C24H32ClFN7O6PS. The minimum absolute atomic E-state index is 0.0515. The van der Waals surface area contributed by atoms with Gasteiger partial charge >= 0.3 is 12.6 Å². The molecule has 1 saturated heterocycles. The van der Waals surface area contributed by atoms with Crippen LogP contribution in [0.25, 0.3) is 11.2 Å². The number of ether oxygens (including phenoxy) is 2. The molecule has 1 aliphatic rings. The summed E-state index contributed by atoms with van der Waals surface area (Å²) in [5.41, 5.74) is 4.70. The van der Waals surface area contributed by atoms with Crippen molar-refractivity contribution < 1.29 is 32.8 Å². The zero-order valence-corrected chi connectivity index (χ0v) is 25.3. The molecule has 0 aliphatic carbocycles. The summed E-state index contributed by atoms with van der Waals surface area (Å²) in [6, 6.07) is 7.68. The summed E-state index contributed by atoms with van der Waals surface area (Å²) in [7, 11) is 3.50. The van der Waals surface area contributed by atoms with Gasteiger partial charge in [-0.1, -0.05) is 18.2 Å². The van der Waals surface area contributed by atoms with E-state index in [1.807, 2.05) is 0 Å². The van der Waals surface area contributed by atoms with Crippen LogP contribution in [0, 0.1) is 0 Å². The van der Waals surface area contributed by atoms with Crippen molar-refractivity contribution in [2.75, 3.05) is 43.8 Å². The number of nitrogens with zero attached hydrogens (tertiary/aromatic N) is 5. The second kappa shape index (κ2) is 12.7. The number of nitrogens with one attached hydrogen (secondary N) is 1. The summed E-state index contributed by atoms with van der Waals surface area (Å²) in [5, 5.41) is 13.9. The van der Waals surface area contributed by atoms with Gasteiger partial charge in [0.1, 0.15) is 23.5 Å². The van der Waals surface area contributed by atoms with Gasteiger partial charge in [0.25, 0.3) is 0 Å². The number of hydrogen-bond donors (Lipinski definition) is 3. The average molecular weight is 632 g/mol. The molecule has 3 aromatic rings. The number of benzene rings is 1. The molecule has 3 heterocycles. The molecule has 2 aromatic heterocycles. The zero-order chi connectivity index (χ0) is 29.9. The highest BCUT2D eigenvalue weighted by Gasteiger charge is 2.57. The van der Waals surface area contributed by atoms with Crippen molar-refractivity contribution in [2.24, 2.45) is 0 Å². The van der Waals surface area contributed by atoms with Gasteiger partial charge in [-0.3, -0.25) is 9.36 Å². The third-order valence-corrected chi connectivity index (χ3v) is 9.18. The maximum Gasteiger partial charge on any atom is 0.323 e. The van der Waals surface area contributed by atoms with Crippen molar-refractivity contribution in [3.8, 4) is 5.75 Å². The number of esters is 1. The molecule has 0 saturated carbocycles. The zero-order valence-electron chi connectivity index (χ0n) is 22.8. The minimum atomic E-state index is -3.52. The number of carbonyl (C=O) groups excluding carboxylic acids is 1. The van der Waals surface area contributed by atoms with Crippen LogP contribution in [-0.4, -0.2) is 87.7 Å². The highest BCUT2D eigenvalue weighted by atomic mass is 35.5. The van der Waals surface area contributed by atoms with Crippen LogP contribution in [-0.2, 0) is 30.6 Å². The average Bonchev–Trinajstić information content (AvgIpc) is 3.46. The van der Waals surface area contributed by atoms with E-state index in [-0.39, 0.29) is 24.1 Å². The molecule has 0 amide bonds. The monoisotopic (exact) mass is 631 g/mol. The number of nitrogen functional groups attached to an aromatic ring is 1. The molecule has 4 N–H and O–H groups in total. The van der Waals surface area contributed by atoms with Crippen LogP contribution < -0.4 is 20.2 Å². The van der Waals surface area contributed by atoms with Crippen LogP contribution in [0.5, 0.6) is 5.75 Å². The van der Waals surface area contributed by atoms with Crippen LogP contribution in [0.1, 0.15) is 20.1 Å². The normalized spacial score (nSPS) is 24.6. The van der Waals surface area contributed by atoms with E-state index in [0.29, 0.717) is 17.1 Å². The van der Waals surface area contributed by atoms with Gasteiger partial charge in [0.15, 0.2) is 29.4 Å². The van der Waals surface area contributed by atoms with E-state index in [2.05, 4.69) is 20.0 Å². The van der Waals surface area contributed by atoms with Crippen LogP contribution in [0.15, 0.2) is 36.7 Å². The van der Waals surface area contributed by atoms with Crippen LogP contribution >= 0.6 is 18.2 Å². The number of alkyl halides is 2. The van der Waals surface area contributed by atoms with E-state index in [1.54, 1.807) is 63.2 Å². The quantitative estimate of drug-likeness (QED) is 0.152. The smallest absolute Gasteiger partial charge is 0.323 e. The molecule has 224 valence electrons. The Morgan fingerprint density at radius 2 is 2.10 bits per heavy atom. The summed E-state index contributed by atoms with van der Waals surface area (Å²) >= 11 is 12.0. The van der Waals surface area contributed by atoms with Gasteiger partial charge in [-0.25, -0.2) is 14.5 Å². The van der Waals surface area contributed by atoms with E-state index in [4.69, 9.17) is 47.7 Å². The highest BCUT2D eigenvalue weighted by Crippen LogP contribution is 2.49. The first-order valence-corrected chi connectivity index (χ1v) is 15.8. The fraction of sp³-hybridized carbons (Fsp3) is 0.500. The Morgan fingerprint density at radius 1 is 1.39 bits per heavy atom.